The van der Waals surface area contributed by atoms with Crippen LogP contribution in [0.4, 0.5) is 0 Å². The first-order chi connectivity index (χ1) is 12.3. The average Bonchev–Trinajstić information content (AvgIpc) is 3.20. The minimum Gasteiger partial charge on any atom is -0.380 e. The third kappa shape index (κ3) is 3.30. The maximum Gasteiger partial charge on any atom is 0.253 e. The van der Waals surface area contributed by atoms with Gasteiger partial charge in [0.1, 0.15) is 0 Å². The molecule has 2 aromatic rings. The van der Waals surface area contributed by atoms with Crippen molar-refractivity contribution in [3.05, 3.63) is 66.0 Å². The third-order valence-electron chi connectivity index (χ3n) is 5.19. The topological polar surface area (TPSA) is 51.7 Å². The van der Waals surface area contributed by atoms with Crippen LogP contribution in [0.2, 0.25) is 0 Å². The number of fused-ring (bicyclic) bond motifs is 1. The van der Waals surface area contributed by atoms with Crippen molar-refractivity contribution in [2.45, 2.75) is 6.61 Å². The summed E-state index contributed by atoms with van der Waals surface area (Å²) in [6.45, 7) is 3.85. The number of carbonyl (C=O) groups is 1. The lowest BCUT2D eigenvalue weighted by molar-refractivity contribution is 0.0175. The SMILES string of the molecule is O=C(c1ccccc1)N1C[C@@H]2COC[C@]2(COCc2ccccn2)C1. The molecule has 5 heteroatoms. The normalized spacial score (nSPS) is 25.1. The molecule has 0 saturated carbocycles. The molecule has 1 amide bonds. The van der Waals surface area contributed by atoms with Gasteiger partial charge in [-0.25, -0.2) is 0 Å². The summed E-state index contributed by atoms with van der Waals surface area (Å²) < 4.78 is 11.7. The van der Waals surface area contributed by atoms with Gasteiger partial charge < -0.3 is 14.4 Å². The second kappa shape index (κ2) is 6.94. The molecular formula is C20H22N2O3. The van der Waals surface area contributed by atoms with Gasteiger partial charge in [-0.1, -0.05) is 24.3 Å². The van der Waals surface area contributed by atoms with E-state index in [-0.39, 0.29) is 11.3 Å². The van der Waals surface area contributed by atoms with E-state index in [9.17, 15) is 4.79 Å². The van der Waals surface area contributed by atoms with E-state index in [1.54, 1.807) is 6.20 Å². The highest BCUT2D eigenvalue weighted by Crippen LogP contribution is 2.42. The van der Waals surface area contributed by atoms with Crippen LogP contribution in [0.25, 0.3) is 0 Å². The van der Waals surface area contributed by atoms with Crippen LogP contribution in [0.1, 0.15) is 16.1 Å². The number of pyridine rings is 1. The number of hydrogen-bond donors (Lipinski definition) is 0. The Morgan fingerprint density at radius 2 is 2.08 bits per heavy atom. The zero-order valence-corrected chi connectivity index (χ0v) is 14.1. The van der Waals surface area contributed by atoms with Crippen LogP contribution < -0.4 is 0 Å². The maximum atomic E-state index is 12.7. The predicted octanol–water partition coefficient (Wildman–Crippen LogP) is 2.39. The van der Waals surface area contributed by atoms with Gasteiger partial charge in [0.2, 0.25) is 0 Å². The summed E-state index contributed by atoms with van der Waals surface area (Å²) in [5.74, 6) is 0.433. The first-order valence-electron chi connectivity index (χ1n) is 8.67. The first kappa shape index (κ1) is 16.2. The monoisotopic (exact) mass is 338 g/mol. The van der Waals surface area contributed by atoms with Gasteiger partial charge in [-0.3, -0.25) is 9.78 Å². The number of likely N-dealkylation sites (tertiary alicyclic amines) is 1. The van der Waals surface area contributed by atoms with Crippen LogP contribution in [0.15, 0.2) is 54.7 Å². The van der Waals surface area contributed by atoms with Crippen LogP contribution in [-0.2, 0) is 16.1 Å². The van der Waals surface area contributed by atoms with E-state index >= 15 is 0 Å². The lowest BCUT2D eigenvalue weighted by Gasteiger charge is -2.26. The van der Waals surface area contributed by atoms with Crippen LogP contribution in [-0.4, -0.2) is 48.7 Å². The lowest BCUT2D eigenvalue weighted by atomic mass is 9.82. The fraction of sp³-hybridized carbons (Fsp3) is 0.400. The van der Waals surface area contributed by atoms with Crippen LogP contribution in [0.5, 0.6) is 0 Å². The van der Waals surface area contributed by atoms with Crippen LogP contribution in [0.3, 0.4) is 0 Å². The van der Waals surface area contributed by atoms with Gasteiger partial charge in [-0.05, 0) is 24.3 Å². The molecule has 5 nitrogen and oxygen atoms in total. The zero-order chi connectivity index (χ0) is 17.1. The van der Waals surface area contributed by atoms with Crippen molar-refractivity contribution in [1.29, 1.82) is 0 Å². The Bertz CT molecular complexity index is 722. The second-order valence-electron chi connectivity index (χ2n) is 6.94. The molecule has 25 heavy (non-hydrogen) atoms. The number of rotatable bonds is 5. The highest BCUT2D eigenvalue weighted by atomic mass is 16.5. The van der Waals surface area contributed by atoms with Gasteiger partial charge in [-0.15, -0.1) is 0 Å². The summed E-state index contributed by atoms with van der Waals surface area (Å²) in [4.78, 5) is 19.0. The Kier molecular flexibility index (Phi) is 4.51. The Labute approximate surface area is 147 Å². The molecule has 0 radical (unpaired) electrons. The van der Waals surface area contributed by atoms with Gasteiger partial charge in [0.15, 0.2) is 0 Å². The molecule has 2 aliphatic rings. The number of aromatic nitrogens is 1. The van der Waals surface area contributed by atoms with Crippen molar-refractivity contribution in [1.82, 2.24) is 9.88 Å². The average molecular weight is 338 g/mol. The highest BCUT2D eigenvalue weighted by Gasteiger charge is 2.52. The van der Waals surface area contributed by atoms with Crippen LogP contribution in [0, 0.1) is 11.3 Å². The molecule has 0 N–H and O–H groups in total. The summed E-state index contributed by atoms with van der Waals surface area (Å²) in [5.41, 5.74) is 1.57. The fourth-order valence-corrected chi connectivity index (χ4v) is 3.80. The molecule has 2 atom stereocenters. The number of amides is 1. The van der Waals surface area contributed by atoms with Crippen LogP contribution >= 0.6 is 0 Å². The zero-order valence-electron chi connectivity index (χ0n) is 14.1. The van der Waals surface area contributed by atoms with Crippen molar-refractivity contribution in [2.24, 2.45) is 11.3 Å². The van der Waals surface area contributed by atoms with Gasteiger partial charge in [0.25, 0.3) is 5.91 Å². The Morgan fingerprint density at radius 1 is 1.24 bits per heavy atom. The molecule has 0 spiro atoms. The minimum atomic E-state index is -0.0980. The molecule has 0 bridgehead atoms. The van der Waals surface area contributed by atoms with Crippen molar-refractivity contribution in [3.63, 3.8) is 0 Å². The first-order valence-corrected chi connectivity index (χ1v) is 8.67. The third-order valence-corrected chi connectivity index (χ3v) is 5.19. The summed E-state index contributed by atoms with van der Waals surface area (Å²) >= 11 is 0. The highest BCUT2D eigenvalue weighted by molar-refractivity contribution is 5.94. The molecule has 2 fully saturated rings. The van der Waals surface area contributed by atoms with Crippen molar-refractivity contribution >= 4 is 5.91 Å². The number of ether oxygens (including phenoxy) is 2. The molecule has 130 valence electrons. The quantitative estimate of drug-likeness (QED) is 0.840. The molecule has 2 saturated heterocycles. The molecular weight excluding hydrogens is 316 g/mol. The Balaban J connectivity index is 1.41. The van der Waals surface area contributed by atoms with E-state index in [0.29, 0.717) is 38.9 Å². The lowest BCUT2D eigenvalue weighted by Crippen LogP contribution is -2.37. The molecule has 4 rings (SSSR count). The fourth-order valence-electron chi connectivity index (χ4n) is 3.80. The maximum absolute atomic E-state index is 12.7. The predicted molar refractivity (Wildman–Crippen MR) is 93.0 cm³/mol. The van der Waals surface area contributed by atoms with E-state index in [2.05, 4.69) is 4.98 Å². The summed E-state index contributed by atoms with van der Waals surface area (Å²) in [7, 11) is 0. The minimum absolute atomic E-state index is 0.0964. The molecule has 1 aromatic carbocycles. The van der Waals surface area contributed by atoms with Crippen molar-refractivity contribution in [3.8, 4) is 0 Å². The molecule has 2 aliphatic heterocycles. The molecule has 0 aliphatic carbocycles. The summed E-state index contributed by atoms with van der Waals surface area (Å²) in [5, 5.41) is 0. The number of nitrogens with zero attached hydrogens (tertiary/aromatic N) is 2. The number of benzene rings is 1. The standard InChI is InChI=1S/C20H22N2O3/c23-19(16-6-2-1-3-7-16)22-10-17-11-24-14-20(17,13-22)15-25-12-18-8-4-5-9-21-18/h1-9,17H,10-15H2/t17-,20+/m1/s1. The largest absolute Gasteiger partial charge is 0.380 e. The molecule has 0 unspecified atom stereocenters. The summed E-state index contributed by atoms with van der Waals surface area (Å²) in [6, 6.07) is 15.3. The van der Waals surface area contributed by atoms with E-state index < -0.39 is 0 Å². The Hall–Kier alpha value is -2.24. The molecule has 3 heterocycles. The summed E-state index contributed by atoms with van der Waals surface area (Å²) in [6.07, 6.45) is 1.77. The van der Waals surface area contributed by atoms with Gasteiger partial charge >= 0.3 is 0 Å². The Morgan fingerprint density at radius 3 is 2.88 bits per heavy atom. The van der Waals surface area contributed by atoms with E-state index in [1.165, 1.54) is 0 Å². The smallest absolute Gasteiger partial charge is 0.253 e. The van der Waals surface area contributed by atoms with E-state index in [0.717, 1.165) is 17.8 Å². The van der Waals surface area contributed by atoms with Gasteiger partial charge in [0, 0.05) is 36.2 Å². The van der Waals surface area contributed by atoms with Gasteiger partial charge in [-0.2, -0.15) is 0 Å². The van der Waals surface area contributed by atoms with Crippen molar-refractivity contribution in [2.75, 3.05) is 32.9 Å². The van der Waals surface area contributed by atoms with Gasteiger partial charge in [0.05, 0.1) is 32.1 Å². The second-order valence-corrected chi connectivity index (χ2v) is 6.94. The van der Waals surface area contributed by atoms with E-state index in [4.69, 9.17) is 9.47 Å². The number of hydrogen-bond acceptors (Lipinski definition) is 4. The molecule has 1 aromatic heterocycles. The number of carbonyl (C=O) groups excluding carboxylic acids is 1. The van der Waals surface area contributed by atoms with Crippen molar-refractivity contribution < 1.29 is 14.3 Å². The van der Waals surface area contributed by atoms with E-state index in [1.807, 2.05) is 53.4 Å².